The second-order valence-corrected chi connectivity index (χ2v) is 7.34. The summed E-state index contributed by atoms with van der Waals surface area (Å²) in [4.78, 5) is 26.3. The van der Waals surface area contributed by atoms with Crippen LogP contribution in [0.25, 0.3) is 0 Å². The standard InChI is InChI=1S/C17H22ClFN2O2/c1-17(2,3)16(23)21-8-6-11(7-9-21)15(22)20-12-4-5-14(19)13(18)10-12/h4-5,10-11H,6-9H2,1-3H3,(H,20,22). The highest BCUT2D eigenvalue weighted by Gasteiger charge is 2.32. The monoisotopic (exact) mass is 340 g/mol. The number of benzene rings is 1. The van der Waals surface area contributed by atoms with Crippen LogP contribution in [0.15, 0.2) is 18.2 Å². The molecule has 0 radical (unpaired) electrons. The van der Waals surface area contributed by atoms with Crippen molar-refractivity contribution in [2.45, 2.75) is 33.6 Å². The number of hydrogen-bond donors (Lipinski definition) is 1. The number of carbonyl (C=O) groups is 2. The third-order valence-corrected chi connectivity index (χ3v) is 4.27. The summed E-state index contributed by atoms with van der Waals surface area (Å²) in [5.74, 6) is -0.668. The van der Waals surface area contributed by atoms with E-state index in [4.69, 9.17) is 11.6 Å². The van der Waals surface area contributed by atoms with Gasteiger partial charge in [-0.2, -0.15) is 0 Å². The molecule has 1 saturated heterocycles. The Morgan fingerprint density at radius 3 is 2.39 bits per heavy atom. The van der Waals surface area contributed by atoms with E-state index in [1.807, 2.05) is 25.7 Å². The van der Waals surface area contributed by atoms with Gasteiger partial charge in [0.1, 0.15) is 5.82 Å². The number of likely N-dealkylation sites (tertiary alicyclic amines) is 1. The fourth-order valence-corrected chi connectivity index (χ4v) is 2.82. The van der Waals surface area contributed by atoms with Crippen molar-refractivity contribution in [1.29, 1.82) is 0 Å². The van der Waals surface area contributed by atoms with Gasteiger partial charge in [-0.3, -0.25) is 9.59 Å². The number of amides is 2. The number of rotatable bonds is 2. The van der Waals surface area contributed by atoms with Crippen LogP contribution in [0.4, 0.5) is 10.1 Å². The van der Waals surface area contributed by atoms with E-state index in [2.05, 4.69) is 5.32 Å². The van der Waals surface area contributed by atoms with Crippen LogP contribution >= 0.6 is 11.6 Å². The van der Waals surface area contributed by atoms with Gasteiger partial charge in [-0.15, -0.1) is 0 Å². The van der Waals surface area contributed by atoms with Gasteiger partial charge in [0.25, 0.3) is 0 Å². The summed E-state index contributed by atoms with van der Waals surface area (Å²) in [7, 11) is 0. The third-order valence-electron chi connectivity index (χ3n) is 3.98. The fraction of sp³-hybridized carbons (Fsp3) is 0.529. The maximum absolute atomic E-state index is 13.1. The lowest BCUT2D eigenvalue weighted by molar-refractivity contribution is -0.142. The lowest BCUT2D eigenvalue weighted by atomic mass is 9.90. The molecule has 1 aliphatic rings. The van der Waals surface area contributed by atoms with Gasteiger partial charge in [0.05, 0.1) is 5.02 Å². The number of nitrogens with zero attached hydrogens (tertiary/aromatic N) is 1. The van der Waals surface area contributed by atoms with E-state index < -0.39 is 11.2 Å². The Bertz CT molecular complexity index is 605. The molecular weight excluding hydrogens is 319 g/mol. The summed E-state index contributed by atoms with van der Waals surface area (Å²) in [6.07, 6.45) is 1.26. The summed E-state index contributed by atoms with van der Waals surface area (Å²) in [5.41, 5.74) is 0.0783. The normalized spacial score (nSPS) is 16.3. The Kier molecular flexibility index (Phi) is 5.30. The first kappa shape index (κ1) is 17.7. The largest absolute Gasteiger partial charge is 0.342 e. The van der Waals surface area contributed by atoms with E-state index in [9.17, 15) is 14.0 Å². The second-order valence-electron chi connectivity index (χ2n) is 6.93. The van der Waals surface area contributed by atoms with Crippen molar-refractivity contribution < 1.29 is 14.0 Å². The summed E-state index contributed by atoms with van der Waals surface area (Å²) in [6, 6.07) is 4.10. The van der Waals surface area contributed by atoms with Gasteiger partial charge in [0.2, 0.25) is 11.8 Å². The van der Waals surface area contributed by atoms with Crippen molar-refractivity contribution in [2.75, 3.05) is 18.4 Å². The van der Waals surface area contributed by atoms with E-state index in [0.717, 1.165) is 0 Å². The molecular formula is C17H22ClFN2O2. The van der Waals surface area contributed by atoms with Crippen molar-refractivity contribution in [2.24, 2.45) is 11.3 Å². The van der Waals surface area contributed by atoms with Crippen molar-refractivity contribution in [3.63, 3.8) is 0 Å². The molecule has 6 heteroatoms. The van der Waals surface area contributed by atoms with Crippen molar-refractivity contribution in [3.05, 3.63) is 29.0 Å². The predicted molar refractivity (Wildman–Crippen MR) is 88.8 cm³/mol. The van der Waals surface area contributed by atoms with Crippen LogP contribution < -0.4 is 5.32 Å². The number of nitrogens with one attached hydrogen (secondary N) is 1. The molecule has 2 amide bonds. The fourth-order valence-electron chi connectivity index (χ4n) is 2.64. The molecule has 126 valence electrons. The van der Waals surface area contributed by atoms with E-state index in [1.165, 1.54) is 18.2 Å². The molecule has 1 heterocycles. The van der Waals surface area contributed by atoms with Crippen LogP contribution in [-0.4, -0.2) is 29.8 Å². The second kappa shape index (κ2) is 6.87. The van der Waals surface area contributed by atoms with E-state index in [0.29, 0.717) is 31.6 Å². The van der Waals surface area contributed by atoms with Crippen molar-refractivity contribution >= 4 is 29.1 Å². The van der Waals surface area contributed by atoms with E-state index in [-0.39, 0.29) is 22.8 Å². The van der Waals surface area contributed by atoms with Crippen LogP contribution in [0.3, 0.4) is 0 Å². The van der Waals surface area contributed by atoms with E-state index in [1.54, 1.807) is 0 Å². The van der Waals surface area contributed by atoms with E-state index >= 15 is 0 Å². The zero-order valence-electron chi connectivity index (χ0n) is 13.7. The highest BCUT2D eigenvalue weighted by molar-refractivity contribution is 6.31. The molecule has 0 bridgehead atoms. The predicted octanol–water partition coefficient (Wildman–Crippen LogP) is 3.70. The quantitative estimate of drug-likeness (QED) is 0.892. The number of piperidine rings is 1. The summed E-state index contributed by atoms with van der Waals surface area (Å²) in [5, 5.41) is 2.74. The molecule has 0 unspecified atom stereocenters. The van der Waals surface area contributed by atoms with Gasteiger partial charge in [-0.1, -0.05) is 32.4 Å². The first-order valence-corrected chi connectivity index (χ1v) is 8.11. The molecule has 1 aliphatic heterocycles. The number of carbonyl (C=O) groups excluding carboxylic acids is 2. The Hall–Kier alpha value is -1.62. The molecule has 1 aromatic rings. The lowest BCUT2D eigenvalue weighted by Crippen LogP contribution is -2.45. The third kappa shape index (κ3) is 4.44. The van der Waals surface area contributed by atoms with Crippen molar-refractivity contribution in [3.8, 4) is 0 Å². The number of hydrogen-bond acceptors (Lipinski definition) is 2. The molecule has 2 rings (SSSR count). The minimum absolute atomic E-state index is 0.0200. The Labute approximate surface area is 141 Å². The highest BCUT2D eigenvalue weighted by atomic mass is 35.5. The zero-order valence-corrected chi connectivity index (χ0v) is 14.4. The van der Waals surface area contributed by atoms with Gasteiger partial charge in [-0.25, -0.2) is 4.39 Å². The molecule has 1 N–H and O–H groups in total. The highest BCUT2D eigenvalue weighted by Crippen LogP contribution is 2.25. The van der Waals surface area contributed by atoms with Crippen LogP contribution in [-0.2, 0) is 9.59 Å². The minimum atomic E-state index is -0.515. The van der Waals surface area contributed by atoms with Crippen LogP contribution in [0.2, 0.25) is 5.02 Å². The first-order chi connectivity index (χ1) is 10.7. The molecule has 0 saturated carbocycles. The molecule has 0 aliphatic carbocycles. The van der Waals surface area contributed by atoms with Crippen LogP contribution in [0.5, 0.6) is 0 Å². The maximum atomic E-state index is 13.1. The topological polar surface area (TPSA) is 49.4 Å². The SMILES string of the molecule is CC(C)(C)C(=O)N1CCC(C(=O)Nc2ccc(F)c(Cl)c2)CC1. The van der Waals surface area contributed by atoms with Gasteiger partial charge < -0.3 is 10.2 Å². The Morgan fingerprint density at radius 2 is 1.87 bits per heavy atom. The summed E-state index contributed by atoms with van der Waals surface area (Å²) < 4.78 is 13.1. The van der Waals surface area contributed by atoms with Gasteiger partial charge in [0.15, 0.2) is 0 Å². The van der Waals surface area contributed by atoms with Gasteiger partial charge >= 0.3 is 0 Å². The molecule has 1 aromatic carbocycles. The molecule has 4 nitrogen and oxygen atoms in total. The molecule has 0 atom stereocenters. The minimum Gasteiger partial charge on any atom is -0.342 e. The lowest BCUT2D eigenvalue weighted by Gasteiger charge is -2.35. The smallest absolute Gasteiger partial charge is 0.227 e. The summed E-state index contributed by atoms with van der Waals surface area (Å²) >= 11 is 5.71. The zero-order chi connectivity index (χ0) is 17.2. The number of halogens is 2. The average molecular weight is 341 g/mol. The molecule has 1 fully saturated rings. The molecule has 23 heavy (non-hydrogen) atoms. The molecule has 0 spiro atoms. The Balaban J connectivity index is 1.91. The summed E-state index contributed by atoms with van der Waals surface area (Å²) in [6.45, 7) is 6.85. The first-order valence-electron chi connectivity index (χ1n) is 7.74. The van der Waals surface area contributed by atoms with Gasteiger partial charge in [0, 0.05) is 30.1 Å². The van der Waals surface area contributed by atoms with Crippen LogP contribution in [0, 0.1) is 17.2 Å². The average Bonchev–Trinajstić information content (AvgIpc) is 2.49. The molecule has 0 aromatic heterocycles. The van der Waals surface area contributed by atoms with Crippen LogP contribution in [0.1, 0.15) is 33.6 Å². The Morgan fingerprint density at radius 1 is 1.26 bits per heavy atom. The van der Waals surface area contributed by atoms with Gasteiger partial charge in [-0.05, 0) is 31.0 Å². The maximum Gasteiger partial charge on any atom is 0.227 e. The van der Waals surface area contributed by atoms with Crippen molar-refractivity contribution in [1.82, 2.24) is 4.90 Å². The number of anilines is 1.